The Kier molecular flexibility index (Phi) is 4.93. The summed E-state index contributed by atoms with van der Waals surface area (Å²) in [7, 11) is -6.91. The molecule has 0 bridgehead atoms. The second-order valence-corrected chi connectivity index (χ2v) is 10.5. The number of nitrogens with zero attached hydrogens (tertiary/aromatic N) is 2. The van der Waals surface area contributed by atoms with E-state index in [1.807, 2.05) is 4.90 Å². The van der Waals surface area contributed by atoms with Gasteiger partial charge in [0.15, 0.2) is 9.84 Å². The quantitative estimate of drug-likeness (QED) is 0.763. The summed E-state index contributed by atoms with van der Waals surface area (Å²) < 4.78 is 50.0. The minimum absolute atomic E-state index is 0.0728. The molecule has 0 aliphatic carbocycles. The maximum absolute atomic E-state index is 12.7. The number of aliphatic hydroxyl groups is 1. The zero-order valence-corrected chi connectivity index (χ0v) is 15.3. The summed E-state index contributed by atoms with van der Waals surface area (Å²) in [6.45, 7) is 1.22. The van der Waals surface area contributed by atoms with E-state index in [9.17, 15) is 21.9 Å². The number of hydrogen-bond acceptors (Lipinski definition) is 6. The van der Waals surface area contributed by atoms with Crippen molar-refractivity contribution in [3.63, 3.8) is 0 Å². The van der Waals surface area contributed by atoms with E-state index in [0.29, 0.717) is 13.1 Å². The highest BCUT2D eigenvalue weighted by Crippen LogP contribution is 2.26. The van der Waals surface area contributed by atoms with Crippen molar-refractivity contribution in [2.24, 2.45) is 0 Å². The Morgan fingerprint density at radius 1 is 1.08 bits per heavy atom. The van der Waals surface area contributed by atoms with Crippen LogP contribution in [-0.2, 0) is 19.9 Å². The fraction of sp³-hybridized carbons (Fsp3) is 0.571. The van der Waals surface area contributed by atoms with E-state index in [2.05, 4.69) is 0 Å². The van der Waals surface area contributed by atoms with Gasteiger partial charge in [0.1, 0.15) is 4.90 Å². The molecule has 2 heterocycles. The summed E-state index contributed by atoms with van der Waals surface area (Å²) in [5.41, 5.74) is 0. The van der Waals surface area contributed by atoms with Gasteiger partial charge in [0, 0.05) is 26.2 Å². The number of rotatable bonds is 3. The standard InChI is InChI=1S/C14H19ClN2O5S2/c15-11-3-1-2-4-14(11)24(21,22)17-7-5-16(6-8-17)12-9-23(19,20)10-13(12)18/h1-4,12-13,18H,5-10H2/t12-,13-/m0/s1. The van der Waals surface area contributed by atoms with Crippen LogP contribution in [-0.4, -0.2) is 81.0 Å². The molecule has 0 aromatic heterocycles. The molecule has 2 fully saturated rings. The highest BCUT2D eigenvalue weighted by atomic mass is 35.5. The molecule has 134 valence electrons. The Morgan fingerprint density at radius 2 is 1.71 bits per heavy atom. The Bertz CT molecular complexity index is 819. The number of benzene rings is 1. The molecule has 1 N–H and O–H groups in total. The molecule has 0 spiro atoms. The monoisotopic (exact) mass is 394 g/mol. The number of aliphatic hydroxyl groups excluding tert-OH is 1. The van der Waals surface area contributed by atoms with Crippen molar-refractivity contribution in [1.82, 2.24) is 9.21 Å². The lowest BCUT2D eigenvalue weighted by Crippen LogP contribution is -2.54. The van der Waals surface area contributed by atoms with Crippen LogP contribution in [0.25, 0.3) is 0 Å². The van der Waals surface area contributed by atoms with Crippen LogP contribution in [0.5, 0.6) is 0 Å². The van der Waals surface area contributed by atoms with Gasteiger partial charge in [-0.15, -0.1) is 0 Å². The molecular weight excluding hydrogens is 376 g/mol. The van der Waals surface area contributed by atoms with Crippen LogP contribution in [0.15, 0.2) is 29.2 Å². The molecule has 2 saturated heterocycles. The fourth-order valence-corrected chi connectivity index (χ4v) is 6.98. The minimum atomic E-state index is -3.68. The van der Waals surface area contributed by atoms with Gasteiger partial charge in [0.05, 0.1) is 28.7 Å². The largest absolute Gasteiger partial charge is 0.390 e. The lowest BCUT2D eigenvalue weighted by atomic mass is 10.1. The van der Waals surface area contributed by atoms with Gasteiger partial charge >= 0.3 is 0 Å². The van der Waals surface area contributed by atoms with Gasteiger partial charge in [-0.05, 0) is 12.1 Å². The molecule has 0 radical (unpaired) electrons. The predicted molar refractivity (Wildman–Crippen MR) is 90.2 cm³/mol. The maximum atomic E-state index is 12.7. The van der Waals surface area contributed by atoms with Crippen LogP contribution in [0.3, 0.4) is 0 Å². The second-order valence-electron chi connectivity index (χ2n) is 6.08. The number of piperazine rings is 1. The molecule has 24 heavy (non-hydrogen) atoms. The smallest absolute Gasteiger partial charge is 0.244 e. The fourth-order valence-electron chi connectivity index (χ4n) is 3.23. The summed E-state index contributed by atoms with van der Waals surface area (Å²) in [5, 5.41) is 10.1. The van der Waals surface area contributed by atoms with Crippen LogP contribution in [0.1, 0.15) is 0 Å². The van der Waals surface area contributed by atoms with Crippen molar-refractivity contribution < 1.29 is 21.9 Å². The molecule has 0 amide bonds. The van der Waals surface area contributed by atoms with Crippen molar-refractivity contribution in [2.45, 2.75) is 17.0 Å². The third kappa shape index (κ3) is 3.47. The Morgan fingerprint density at radius 3 is 2.25 bits per heavy atom. The summed E-state index contributed by atoms with van der Waals surface area (Å²) in [4.78, 5) is 1.93. The molecule has 2 aliphatic rings. The summed E-state index contributed by atoms with van der Waals surface area (Å²) >= 11 is 5.99. The van der Waals surface area contributed by atoms with E-state index in [1.54, 1.807) is 12.1 Å². The molecule has 2 aliphatic heterocycles. The third-order valence-corrected chi connectivity index (χ3v) is 8.59. The van der Waals surface area contributed by atoms with Crippen LogP contribution < -0.4 is 0 Å². The molecule has 1 aromatic carbocycles. The normalized spacial score (nSPS) is 28.9. The zero-order chi connectivity index (χ0) is 17.5. The van der Waals surface area contributed by atoms with Gasteiger partial charge in [-0.1, -0.05) is 23.7 Å². The van der Waals surface area contributed by atoms with Crippen LogP contribution >= 0.6 is 11.6 Å². The molecule has 7 nitrogen and oxygen atoms in total. The minimum Gasteiger partial charge on any atom is -0.390 e. The second kappa shape index (κ2) is 6.54. The third-order valence-electron chi connectivity index (χ3n) is 4.49. The average Bonchev–Trinajstić information content (AvgIpc) is 2.80. The van der Waals surface area contributed by atoms with Gasteiger partial charge < -0.3 is 5.11 Å². The number of halogens is 1. The van der Waals surface area contributed by atoms with E-state index in [-0.39, 0.29) is 34.5 Å². The first kappa shape index (κ1) is 18.1. The number of hydrogen-bond donors (Lipinski definition) is 1. The summed E-state index contributed by atoms with van der Waals surface area (Å²) in [6.07, 6.45) is -0.915. The highest BCUT2D eigenvalue weighted by Gasteiger charge is 2.41. The topological polar surface area (TPSA) is 95.0 Å². The van der Waals surface area contributed by atoms with Gasteiger partial charge in [-0.2, -0.15) is 4.31 Å². The zero-order valence-electron chi connectivity index (χ0n) is 12.9. The molecule has 10 heteroatoms. The lowest BCUT2D eigenvalue weighted by molar-refractivity contribution is 0.0618. The van der Waals surface area contributed by atoms with E-state index in [1.165, 1.54) is 16.4 Å². The van der Waals surface area contributed by atoms with Crippen molar-refractivity contribution >= 4 is 31.5 Å². The molecule has 0 saturated carbocycles. The van der Waals surface area contributed by atoms with E-state index >= 15 is 0 Å². The summed E-state index contributed by atoms with van der Waals surface area (Å²) in [5.74, 6) is -0.304. The van der Waals surface area contributed by atoms with Crippen molar-refractivity contribution in [2.75, 3.05) is 37.7 Å². The van der Waals surface area contributed by atoms with Gasteiger partial charge in [0.25, 0.3) is 0 Å². The van der Waals surface area contributed by atoms with Crippen molar-refractivity contribution in [3.05, 3.63) is 29.3 Å². The highest BCUT2D eigenvalue weighted by molar-refractivity contribution is 7.91. The molecule has 2 atom stereocenters. The predicted octanol–water partition coefficient (Wildman–Crippen LogP) is -0.196. The van der Waals surface area contributed by atoms with Crippen molar-refractivity contribution in [1.29, 1.82) is 0 Å². The number of sulfonamides is 1. The summed E-state index contributed by atoms with van der Waals surface area (Å²) in [6, 6.07) is 5.83. The van der Waals surface area contributed by atoms with E-state index in [4.69, 9.17) is 11.6 Å². The number of sulfone groups is 1. The van der Waals surface area contributed by atoms with E-state index < -0.39 is 32.0 Å². The maximum Gasteiger partial charge on any atom is 0.244 e. The van der Waals surface area contributed by atoms with Crippen LogP contribution in [0.2, 0.25) is 5.02 Å². The average molecular weight is 395 g/mol. The Labute approximate surface area is 146 Å². The molecule has 3 rings (SSSR count). The Hall–Kier alpha value is -0.710. The Balaban J connectivity index is 1.70. The molecular formula is C14H19ClN2O5S2. The molecule has 0 unspecified atom stereocenters. The van der Waals surface area contributed by atoms with Gasteiger partial charge in [-0.25, -0.2) is 16.8 Å². The lowest BCUT2D eigenvalue weighted by Gasteiger charge is -2.37. The van der Waals surface area contributed by atoms with Crippen molar-refractivity contribution in [3.8, 4) is 0 Å². The van der Waals surface area contributed by atoms with Crippen LogP contribution in [0.4, 0.5) is 0 Å². The van der Waals surface area contributed by atoms with Crippen LogP contribution in [0, 0.1) is 0 Å². The first-order valence-electron chi connectivity index (χ1n) is 7.58. The first-order valence-corrected chi connectivity index (χ1v) is 11.2. The first-order chi connectivity index (χ1) is 11.2. The van der Waals surface area contributed by atoms with Gasteiger partial charge in [0.2, 0.25) is 10.0 Å². The SMILES string of the molecule is O=S1(=O)C[C@H](O)[C@@H](N2CCN(S(=O)(=O)c3ccccc3Cl)CC2)C1. The van der Waals surface area contributed by atoms with E-state index in [0.717, 1.165) is 0 Å². The van der Waals surface area contributed by atoms with Gasteiger partial charge in [-0.3, -0.25) is 4.90 Å². The molecule has 1 aromatic rings.